The predicted molar refractivity (Wildman–Crippen MR) is 44.3 cm³/mol. The fourth-order valence-electron chi connectivity index (χ4n) is 1.20. The number of aromatic amines is 1. The lowest BCUT2D eigenvalue weighted by Crippen LogP contribution is -2.04. The molecule has 0 saturated heterocycles. The van der Waals surface area contributed by atoms with Crippen molar-refractivity contribution in [3.8, 4) is 0 Å². The van der Waals surface area contributed by atoms with Crippen LogP contribution in [-0.4, -0.2) is 26.3 Å². The number of hydrogen-bond acceptors (Lipinski definition) is 3. The summed E-state index contributed by atoms with van der Waals surface area (Å²) < 4.78 is 0. The van der Waals surface area contributed by atoms with Gasteiger partial charge in [-0.1, -0.05) is 6.92 Å². The molecule has 0 atom stereocenters. The number of H-pyrrole nitrogens is 1. The van der Waals surface area contributed by atoms with Crippen molar-refractivity contribution in [3.05, 3.63) is 11.6 Å². The molecule has 0 radical (unpaired) electrons. The zero-order valence-electron chi connectivity index (χ0n) is 7.37. The number of carboxylic acid groups (broad SMARTS) is 1. The maximum Gasteiger partial charge on any atom is 0.311 e. The third kappa shape index (κ3) is 1.54. The molecule has 1 fully saturated rings. The Hall–Kier alpha value is -1.39. The molecule has 13 heavy (non-hydrogen) atoms. The van der Waals surface area contributed by atoms with Gasteiger partial charge >= 0.3 is 5.97 Å². The molecule has 0 amide bonds. The minimum absolute atomic E-state index is 0.0803. The Labute approximate surface area is 75.2 Å². The lowest BCUT2D eigenvalue weighted by atomic mass is 10.1. The van der Waals surface area contributed by atoms with Gasteiger partial charge in [0.25, 0.3) is 0 Å². The molecule has 1 aromatic rings. The van der Waals surface area contributed by atoms with E-state index in [-0.39, 0.29) is 11.8 Å². The van der Waals surface area contributed by atoms with Crippen LogP contribution in [-0.2, 0) is 16.6 Å². The minimum Gasteiger partial charge on any atom is -0.481 e. The highest BCUT2D eigenvalue weighted by Gasteiger charge is 2.42. The molecule has 0 aliphatic heterocycles. The van der Waals surface area contributed by atoms with Crippen molar-refractivity contribution in [3.63, 3.8) is 0 Å². The molecule has 1 saturated carbocycles. The van der Waals surface area contributed by atoms with Gasteiger partial charge in [-0.15, -0.1) is 0 Å². The summed E-state index contributed by atoms with van der Waals surface area (Å²) >= 11 is 0. The van der Waals surface area contributed by atoms with Gasteiger partial charge in [0.2, 0.25) is 0 Å². The Morgan fingerprint density at radius 2 is 2.38 bits per heavy atom. The van der Waals surface area contributed by atoms with E-state index in [0.717, 1.165) is 18.7 Å². The first-order chi connectivity index (χ1) is 6.10. The number of rotatable bonds is 3. The molecule has 5 nitrogen and oxygen atoms in total. The maximum atomic E-state index is 10.4. The molecule has 0 unspecified atom stereocenters. The largest absolute Gasteiger partial charge is 0.481 e. The molecule has 0 spiro atoms. The molecule has 70 valence electrons. The minimum atomic E-state index is -0.886. The molecular formula is C8H11N3O2. The average Bonchev–Trinajstić information content (AvgIpc) is 2.62. The summed E-state index contributed by atoms with van der Waals surface area (Å²) in [7, 11) is 0. The van der Waals surface area contributed by atoms with E-state index in [4.69, 9.17) is 5.11 Å². The zero-order valence-corrected chi connectivity index (χ0v) is 7.37. The predicted octanol–water partition coefficient (Wildman–Crippen LogP) is 0.483. The van der Waals surface area contributed by atoms with E-state index in [2.05, 4.69) is 22.1 Å². The fourth-order valence-corrected chi connectivity index (χ4v) is 1.20. The van der Waals surface area contributed by atoms with Crippen LogP contribution in [0.25, 0.3) is 0 Å². The molecular weight excluding hydrogens is 170 g/mol. The van der Waals surface area contributed by atoms with Crippen molar-refractivity contribution in [2.24, 2.45) is 0 Å². The third-order valence-electron chi connectivity index (χ3n) is 2.39. The van der Waals surface area contributed by atoms with Crippen LogP contribution in [0.15, 0.2) is 0 Å². The summed E-state index contributed by atoms with van der Waals surface area (Å²) in [6.45, 7) is 2.08. The highest BCUT2D eigenvalue weighted by Crippen LogP contribution is 2.45. The van der Waals surface area contributed by atoms with Gasteiger partial charge in [0.15, 0.2) is 5.82 Å². The third-order valence-corrected chi connectivity index (χ3v) is 2.39. The number of carboxylic acids is 1. The van der Waals surface area contributed by atoms with Crippen molar-refractivity contribution in [2.45, 2.75) is 31.6 Å². The van der Waals surface area contributed by atoms with Gasteiger partial charge in [0, 0.05) is 5.41 Å². The van der Waals surface area contributed by atoms with Crippen molar-refractivity contribution in [2.75, 3.05) is 0 Å². The Kier molecular flexibility index (Phi) is 1.61. The summed E-state index contributed by atoms with van der Waals surface area (Å²) in [5.41, 5.74) is 0.104. The Morgan fingerprint density at radius 1 is 1.69 bits per heavy atom. The molecule has 1 aliphatic rings. The van der Waals surface area contributed by atoms with Crippen molar-refractivity contribution >= 4 is 5.97 Å². The molecule has 0 bridgehead atoms. The number of nitrogens with one attached hydrogen (secondary N) is 1. The Balaban J connectivity index is 2.14. The van der Waals surface area contributed by atoms with Crippen molar-refractivity contribution < 1.29 is 9.90 Å². The van der Waals surface area contributed by atoms with Crippen LogP contribution in [0.4, 0.5) is 0 Å². The van der Waals surface area contributed by atoms with Crippen LogP contribution in [0.1, 0.15) is 31.4 Å². The SMILES string of the molecule is CC1(c2n[nH]c(CC(=O)O)n2)CC1. The van der Waals surface area contributed by atoms with Crippen LogP contribution in [0.2, 0.25) is 0 Å². The summed E-state index contributed by atoms with van der Waals surface area (Å²) in [5.74, 6) is 0.308. The van der Waals surface area contributed by atoms with Crippen molar-refractivity contribution in [1.82, 2.24) is 15.2 Å². The van der Waals surface area contributed by atoms with Crippen molar-refractivity contribution in [1.29, 1.82) is 0 Å². The fraction of sp³-hybridized carbons (Fsp3) is 0.625. The van der Waals surface area contributed by atoms with Crippen LogP contribution >= 0.6 is 0 Å². The maximum absolute atomic E-state index is 10.4. The zero-order chi connectivity index (χ0) is 9.47. The molecule has 2 rings (SSSR count). The Bertz CT molecular complexity index is 341. The molecule has 1 aliphatic carbocycles. The average molecular weight is 181 g/mol. The van der Waals surface area contributed by atoms with Crippen LogP contribution in [0, 0.1) is 0 Å². The summed E-state index contributed by atoms with van der Waals surface area (Å²) in [6, 6.07) is 0. The van der Waals surface area contributed by atoms with E-state index >= 15 is 0 Å². The van der Waals surface area contributed by atoms with Gasteiger partial charge in [-0.25, -0.2) is 4.98 Å². The normalized spacial score (nSPS) is 18.5. The number of carbonyl (C=O) groups is 1. The Morgan fingerprint density at radius 3 is 2.92 bits per heavy atom. The summed E-state index contributed by atoms with van der Waals surface area (Å²) in [4.78, 5) is 14.5. The second kappa shape index (κ2) is 2.55. The first-order valence-electron chi connectivity index (χ1n) is 4.24. The summed E-state index contributed by atoms with van der Waals surface area (Å²) in [5, 5.41) is 15.2. The second-order valence-electron chi connectivity index (χ2n) is 3.74. The van der Waals surface area contributed by atoms with Gasteiger partial charge in [-0.3, -0.25) is 9.89 Å². The number of hydrogen-bond donors (Lipinski definition) is 2. The van der Waals surface area contributed by atoms with Crippen LogP contribution in [0.3, 0.4) is 0 Å². The summed E-state index contributed by atoms with van der Waals surface area (Å²) in [6.07, 6.45) is 2.11. The van der Waals surface area contributed by atoms with E-state index in [1.807, 2.05) is 0 Å². The molecule has 5 heteroatoms. The van der Waals surface area contributed by atoms with Crippen LogP contribution in [0.5, 0.6) is 0 Å². The van der Waals surface area contributed by atoms with Crippen LogP contribution < -0.4 is 0 Å². The molecule has 2 N–H and O–H groups in total. The standard InChI is InChI=1S/C8H11N3O2/c1-8(2-3-8)7-9-5(10-11-7)4-6(12)13/h2-4H2,1H3,(H,12,13)(H,9,10,11). The van der Waals surface area contributed by atoms with Gasteiger partial charge < -0.3 is 5.11 Å². The lowest BCUT2D eigenvalue weighted by molar-refractivity contribution is -0.136. The molecule has 0 aromatic carbocycles. The van der Waals surface area contributed by atoms with E-state index in [0.29, 0.717) is 5.82 Å². The highest BCUT2D eigenvalue weighted by atomic mass is 16.4. The number of aliphatic carboxylic acids is 1. The quantitative estimate of drug-likeness (QED) is 0.711. The monoisotopic (exact) mass is 181 g/mol. The van der Waals surface area contributed by atoms with Gasteiger partial charge in [0.05, 0.1) is 0 Å². The lowest BCUT2D eigenvalue weighted by Gasteiger charge is -1.98. The second-order valence-corrected chi connectivity index (χ2v) is 3.74. The highest BCUT2D eigenvalue weighted by molar-refractivity contribution is 5.68. The number of aromatic nitrogens is 3. The topological polar surface area (TPSA) is 78.9 Å². The van der Waals surface area contributed by atoms with Gasteiger partial charge in [-0.05, 0) is 12.8 Å². The molecule has 1 aromatic heterocycles. The van der Waals surface area contributed by atoms with E-state index in [1.165, 1.54) is 0 Å². The van der Waals surface area contributed by atoms with E-state index < -0.39 is 5.97 Å². The first-order valence-corrected chi connectivity index (χ1v) is 4.24. The van der Waals surface area contributed by atoms with E-state index in [9.17, 15) is 4.79 Å². The first kappa shape index (κ1) is 8.22. The smallest absolute Gasteiger partial charge is 0.311 e. The van der Waals surface area contributed by atoms with Gasteiger partial charge in [0.1, 0.15) is 12.2 Å². The van der Waals surface area contributed by atoms with Gasteiger partial charge in [-0.2, -0.15) is 5.10 Å². The van der Waals surface area contributed by atoms with E-state index in [1.54, 1.807) is 0 Å². The molecule has 1 heterocycles. The number of nitrogens with zero attached hydrogens (tertiary/aromatic N) is 2.